The van der Waals surface area contributed by atoms with Crippen molar-refractivity contribution in [2.75, 3.05) is 20.3 Å². The van der Waals surface area contributed by atoms with E-state index in [1.54, 1.807) is 14.0 Å². The average Bonchev–Trinajstić information content (AvgIpc) is 2.58. The molecule has 0 fully saturated rings. The van der Waals surface area contributed by atoms with Gasteiger partial charge in [-0.05, 0) is 42.3 Å². The van der Waals surface area contributed by atoms with Crippen LogP contribution in [0.2, 0.25) is 0 Å². The van der Waals surface area contributed by atoms with Crippen LogP contribution in [0.1, 0.15) is 25.3 Å². The number of carbonyl (C=O) groups is 2. The zero-order valence-corrected chi connectivity index (χ0v) is 13.6. The van der Waals surface area contributed by atoms with E-state index >= 15 is 0 Å². The zero-order valence-electron chi connectivity index (χ0n) is 13.6. The average molecular weight is 315 g/mol. The predicted molar refractivity (Wildman–Crippen MR) is 88.6 cm³/mol. The number of hydrogen-bond acceptors (Lipinski definition) is 4. The summed E-state index contributed by atoms with van der Waals surface area (Å²) in [4.78, 5) is 23.4. The summed E-state index contributed by atoms with van der Waals surface area (Å²) in [6.45, 7) is 3.73. The van der Waals surface area contributed by atoms with Crippen molar-refractivity contribution >= 4 is 22.6 Å². The maximum Gasteiger partial charge on any atom is 0.325 e. The summed E-state index contributed by atoms with van der Waals surface area (Å²) in [6.07, 6.45) is 0. The van der Waals surface area contributed by atoms with Gasteiger partial charge >= 0.3 is 5.97 Å². The Balaban J connectivity index is 2.09. The van der Waals surface area contributed by atoms with Crippen LogP contribution in [0, 0.1) is 0 Å². The Morgan fingerprint density at radius 3 is 2.52 bits per heavy atom. The fraction of sp³-hybridized carbons (Fsp3) is 0.333. The zero-order chi connectivity index (χ0) is 16.8. The van der Waals surface area contributed by atoms with Gasteiger partial charge in [0, 0.05) is 0 Å². The molecule has 23 heavy (non-hydrogen) atoms. The minimum atomic E-state index is -0.432. The molecule has 0 unspecified atom stereocenters. The van der Waals surface area contributed by atoms with Crippen LogP contribution in [0.4, 0.5) is 0 Å². The quantitative estimate of drug-likeness (QED) is 0.832. The molecule has 5 nitrogen and oxygen atoms in total. The number of amides is 1. The third kappa shape index (κ3) is 4.22. The number of nitrogens with one attached hydrogen (secondary N) is 1. The summed E-state index contributed by atoms with van der Waals surface area (Å²) in [7, 11) is 1.63. The molecule has 0 aliphatic heterocycles. The minimum absolute atomic E-state index is 0.109. The van der Waals surface area contributed by atoms with Crippen molar-refractivity contribution in [2.45, 2.75) is 19.8 Å². The molecule has 2 aromatic rings. The maximum atomic E-state index is 12.1. The molecule has 2 aromatic carbocycles. The number of ether oxygens (including phenoxy) is 2. The lowest BCUT2D eigenvalue weighted by Gasteiger charge is -2.13. The van der Waals surface area contributed by atoms with E-state index in [4.69, 9.17) is 9.47 Å². The van der Waals surface area contributed by atoms with E-state index in [1.807, 2.05) is 43.3 Å². The van der Waals surface area contributed by atoms with Gasteiger partial charge in [0.15, 0.2) is 0 Å². The molecule has 0 aromatic heterocycles. The van der Waals surface area contributed by atoms with E-state index in [0.717, 1.165) is 22.1 Å². The van der Waals surface area contributed by atoms with Crippen molar-refractivity contribution in [1.82, 2.24) is 5.32 Å². The number of benzene rings is 2. The number of carbonyl (C=O) groups excluding carboxylic acids is 2. The molecule has 0 aliphatic rings. The van der Waals surface area contributed by atoms with Gasteiger partial charge in [0.2, 0.25) is 5.91 Å². The van der Waals surface area contributed by atoms with Gasteiger partial charge < -0.3 is 14.8 Å². The Kier molecular flexibility index (Phi) is 5.57. The van der Waals surface area contributed by atoms with Crippen LogP contribution in [0.15, 0.2) is 36.4 Å². The summed E-state index contributed by atoms with van der Waals surface area (Å²) in [6, 6.07) is 11.6. The maximum absolute atomic E-state index is 12.1. The second kappa shape index (κ2) is 7.63. The molecule has 0 saturated heterocycles. The van der Waals surface area contributed by atoms with Gasteiger partial charge in [-0.15, -0.1) is 0 Å². The second-order valence-electron chi connectivity index (χ2n) is 5.22. The first-order chi connectivity index (χ1) is 11.0. The lowest BCUT2D eigenvalue weighted by atomic mass is 9.97. The Morgan fingerprint density at radius 2 is 1.83 bits per heavy atom. The molecule has 0 radical (unpaired) electrons. The summed E-state index contributed by atoms with van der Waals surface area (Å²) in [5.74, 6) is -0.189. The lowest BCUT2D eigenvalue weighted by molar-refractivity contribution is -0.143. The molecule has 5 heteroatoms. The van der Waals surface area contributed by atoms with Crippen LogP contribution in [0.3, 0.4) is 0 Å². The first-order valence-corrected chi connectivity index (χ1v) is 7.56. The van der Waals surface area contributed by atoms with Crippen molar-refractivity contribution in [3.05, 3.63) is 42.0 Å². The number of fused-ring (bicyclic) bond motifs is 1. The molecule has 0 saturated carbocycles. The first-order valence-electron chi connectivity index (χ1n) is 7.56. The highest BCUT2D eigenvalue weighted by Gasteiger charge is 2.16. The third-order valence-corrected chi connectivity index (χ3v) is 3.68. The smallest absolute Gasteiger partial charge is 0.325 e. The van der Waals surface area contributed by atoms with E-state index in [1.165, 1.54) is 0 Å². The normalized spacial score (nSPS) is 11.8. The standard InChI is InChI=1S/C18H21NO4/c1-4-23-17(20)11-19-18(21)12(2)13-5-6-15-10-16(22-3)8-7-14(15)9-13/h5-10,12H,4,11H2,1-3H3,(H,19,21)/t12-/m1/s1. The van der Waals surface area contributed by atoms with E-state index in [2.05, 4.69) is 5.32 Å². The Labute approximate surface area is 135 Å². The van der Waals surface area contributed by atoms with E-state index in [-0.39, 0.29) is 18.4 Å². The molecular formula is C18H21NO4. The van der Waals surface area contributed by atoms with Gasteiger partial charge in [-0.25, -0.2) is 0 Å². The van der Waals surface area contributed by atoms with E-state index in [9.17, 15) is 9.59 Å². The molecule has 1 N–H and O–H groups in total. The van der Waals surface area contributed by atoms with Gasteiger partial charge in [-0.2, -0.15) is 0 Å². The van der Waals surface area contributed by atoms with Gasteiger partial charge in [0.05, 0.1) is 19.6 Å². The summed E-state index contributed by atoms with van der Waals surface area (Å²) in [5.41, 5.74) is 0.893. The van der Waals surface area contributed by atoms with Gasteiger partial charge in [-0.3, -0.25) is 9.59 Å². The van der Waals surface area contributed by atoms with Crippen molar-refractivity contribution in [2.24, 2.45) is 0 Å². The fourth-order valence-electron chi connectivity index (χ4n) is 2.31. The largest absolute Gasteiger partial charge is 0.497 e. The molecule has 0 heterocycles. The lowest BCUT2D eigenvalue weighted by Crippen LogP contribution is -2.33. The highest BCUT2D eigenvalue weighted by molar-refractivity contribution is 5.89. The van der Waals surface area contributed by atoms with Crippen molar-refractivity contribution in [1.29, 1.82) is 0 Å². The molecule has 0 spiro atoms. The Hall–Kier alpha value is -2.56. The van der Waals surface area contributed by atoms with Crippen LogP contribution in [0.25, 0.3) is 10.8 Å². The molecule has 0 aliphatic carbocycles. The SMILES string of the molecule is CCOC(=O)CNC(=O)[C@H](C)c1ccc2cc(OC)ccc2c1. The van der Waals surface area contributed by atoms with E-state index < -0.39 is 5.97 Å². The molecule has 122 valence electrons. The third-order valence-electron chi connectivity index (χ3n) is 3.68. The molecule has 1 amide bonds. The summed E-state index contributed by atoms with van der Waals surface area (Å²) in [5, 5.41) is 4.68. The van der Waals surface area contributed by atoms with Crippen molar-refractivity contribution < 1.29 is 19.1 Å². The molecule has 0 bridgehead atoms. The molecular weight excluding hydrogens is 294 g/mol. The second-order valence-corrected chi connectivity index (χ2v) is 5.22. The minimum Gasteiger partial charge on any atom is -0.497 e. The number of methoxy groups -OCH3 is 1. The summed E-state index contributed by atoms with van der Waals surface area (Å²) < 4.78 is 10.00. The van der Waals surface area contributed by atoms with Crippen LogP contribution in [0.5, 0.6) is 5.75 Å². The van der Waals surface area contributed by atoms with Crippen LogP contribution >= 0.6 is 0 Å². The number of esters is 1. The summed E-state index contributed by atoms with van der Waals surface area (Å²) >= 11 is 0. The van der Waals surface area contributed by atoms with Gasteiger partial charge in [-0.1, -0.05) is 24.3 Å². The molecule has 1 atom stereocenters. The topological polar surface area (TPSA) is 64.6 Å². The predicted octanol–water partition coefficient (Wildman–Crippen LogP) is 2.63. The highest BCUT2D eigenvalue weighted by atomic mass is 16.5. The monoisotopic (exact) mass is 315 g/mol. The molecule has 2 rings (SSSR count). The van der Waals surface area contributed by atoms with Gasteiger partial charge in [0.1, 0.15) is 12.3 Å². The Morgan fingerprint density at radius 1 is 1.13 bits per heavy atom. The first kappa shape index (κ1) is 16.8. The number of hydrogen-bond donors (Lipinski definition) is 1. The van der Waals surface area contributed by atoms with Crippen molar-refractivity contribution in [3.63, 3.8) is 0 Å². The highest BCUT2D eigenvalue weighted by Crippen LogP contribution is 2.25. The van der Waals surface area contributed by atoms with Crippen molar-refractivity contribution in [3.8, 4) is 5.75 Å². The van der Waals surface area contributed by atoms with Gasteiger partial charge in [0.25, 0.3) is 0 Å². The number of rotatable bonds is 6. The van der Waals surface area contributed by atoms with Crippen LogP contribution < -0.4 is 10.1 Å². The Bertz CT molecular complexity index is 711. The van der Waals surface area contributed by atoms with E-state index in [0.29, 0.717) is 6.61 Å². The van der Waals surface area contributed by atoms with Crippen LogP contribution in [-0.2, 0) is 14.3 Å². The van der Waals surface area contributed by atoms with Crippen LogP contribution in [-0.4, -0.2) is 32.1 Å². The fourth-order valence-corrected chi connectivity index (χ4v) is 2.31.